The second-order valence-corrected chi connectivity index (χ2v) is 8.56. The minimum atomic E-state index is -0.250. The third-order valence-electron chi connectivity index (χ3n) is 4.40. The Labute approximate surface area is 177 Å². The fourth-order valence-electron chi connectivity index (χ4n) is 2.95. The van der Waals surface area contributed by atoms with E-state index < -0.39 is 0 Å². The van der Waals surface area contributed by atoms with Crippen molar-refractivity contribution in [1.82, 2.24) is 20.0 Å². The van der Waals surface area contributed by atoms with E-state index in [0.717, 1.165) is 34.1 Å². The van der Waals surface area contributed by atoms with E-state index in [-0.39, 0.29) is 5.91 Å². The maximum Gasteiger partial charge on any atom is 0.276 e. The van der Waals surface area contributed by atoms with E-state index in [4.69, 9.17) is 0 Å². The molecule has 0 unspecified atom stereocenters. The van der Waals surface area contributed by atoms with Crippen LogP contribution in [-0.4, -0.2) is 25.9 Å². The molecule has 1 amide bonds. The molecule has 1 N–H and O–H groups in total. The number of carbonyl (C=O) groups excluding carboxylic acids is 1. The highest BCUT2D eigenvalue weighted by Gasteiger charge is 2.19. The molecule has 3 heterocycles. The molecule has 148 valence electrons. The van der Waals surface area contributed by atoms with Gasteiger partial charge in [-0.05, 0) is 36.1 Å². The van der Waals surface area contributed by atoms with Crippen molar-refractivity contribution in [2.75, 3.05) is 5.32 Å². The molecule has 0 aliphatic heterocycles. The largest absolute Gasteiger partial charge is 0.295 e. The van der Waals surface area contributed by atoms with Gasteiger partial charge in [0, 0.05) is 6.42 Å². The van der Waals surface area contributed by atoms with Crippen LogP contribution in [-0.2, 0) is 6.42 Å². The van der Waals surface area contributed by atoms with Crippen LogP contribution in [0.2, 0.25) is 0 Å². The zero-order valence-corrected chi connectivity index (χ0v) is 17.7. The van der Waals surface area contributed by atoms with Crippen LogP contribution in [0.15, 0.2) is 53.9 Å². The molecule has 4 rings (SSSR count). The van der Waals surface area contributed by atoms with Crippen LogP contribution >= 0.6 is 22.7 Å². The fourth-order valence-corrected chi connectivity index (χ4v) is 4.40. The Morgan fingerprint density at radius 1 is 1.10 bits per heavy atom. The summed E-state index contributed by atoms with van der Waals surface area (Å²) in [5.41, 5.74) is 2.06. The fraction of sp³-hybridized carbons (Fsp3) is 0.238. The van der Waals surface area contributed by atoms with Crippen molar-refractivity contribution in [2.24, 2.45) is 0 Å². The first-order chi connectivity index (χ1) is 14.2. The average molecular weight is 424 g/mol. The summed E-state index contributed by atoms with van der Waals surface area (Å²) in [4.78, 5) is 14.0. The SMILES string of the molecule is CCCCCc1nnc(NC(=O)c2cc(-c3cccs3)nn2-c2ccccc2)s1. The van der Waals surface area contributed by atoms with E-state index >= 15 is 0 Å². The van der Waals surface area contributed by atoms with Crippen molar-refractivity contribution < 1.29 is 4.79 Å². The third kappa shape index (κ3) is 4.60. The zero-order chi connectivity index (χ0) is 20.1. The first-order valence-corrected chi connectivity index (χ1v) is 11.3. The summed E-state index contributed by atoms with van der Waals surface area (Å²) in [5, 5.41) is 19.3. The highest BCUT2D eigenvalue weighted by Crippen LogP contribution is 2.26. The van der Waals surface area contributed by atoms with Gasteiger partial charge < -0.3 is 0 Å². The van der Waals surface area contributed by atoms with Gasteiger partial charge in [0.1, 0.15) is 16.4 Å². The normalized spacial score (nSPS) is 10.9. The van der Waals surface area contributed by atoms with Crippen molar-refractivity contribution in [3.63, 3.8) is 0 Å². The third-order valence-corrected chi connectivity index (χ3v) is 6.19. The Morgan fingerprint density at radius 2 is 1.97 bits per heavy atom. The van der Waals surface area contributed by atoms with Crippen LogP contribution in [0.4, 0.5) is 5.13 Å². The predicted octanol–water partition coefficient (Wildman–Crippen LogP) is 5.44. The Kier molecular flexibility index (Phi) is 6.12. The van der Waals surface area contributed by atoms with Gasteiger partial charge in [-0.25, -0.2) is 4.68 Å². The van der Waals surface area contributed by atoms with Crippen molar-refractivity contribution in [1.29, 1.82) is 0 Å². The zero-order valence-electron chi connectivity index (χ0n) is 16.0. The molecule has 0 saturated heterocycles. The van der Waals surface area contributed by atoms with E-state index in [2.05, 4.69) is 27.5 Å². The number of rotatable bonds is 8. The molecule has 8 heteroatoms. The van der Waals surface area contributed by atoms with E-state index in [1.807, 2.05) is 53.9 Å². The Hall–Kier alpha value is -2.84. The van der Waals surface area contributed by atoms with Gasteiger partial charge in [0.25, 0.3) is 5.91 Å². The number of amides is 1. The second kappa shape index (κ2) is 9.11. The summed E-state index contributed by atoms with van der Waals surface area (Å²) < 4.78 is 1.67. The molecule has 3 aromatic heterocycles. The van der Waals surface area contributed by atoms with Crippen LogP contribution in [0.1, 0.15) is 41.7 Å². The number of anilines is 1. The molecule has 0 saturated carbocycles. The van der Waals surface area contributed by atoms with Crippen LogP contribution in [0.5, 0.6) is 0 Å². The van der Waals surface area contributed by atoms with Crippen LogP contribution in [0.25, 0.3) is 16.3 Å². The topological polar surface area (TPSA) is 72.7 Å². The van der Waals surface area contributed by atoms with Crippen molar-refractivity contribution in [3.05, 3.63) is 64.6 Å². The summed E-state index contributed by atoms with van der Waals surface area (Å²) in [6, 6.07) is 15.4. The molecule has 0 spiro atoms. The maximum absolute atomic E-state index is 13.0. The number of carbonyl (C=O) groups is 1. The van der Waals surface area contributed by atoms with Gasteiger partial charge in [0.2, 0.25) is 5.13 Å². The first-order valence-electron chi connectivity index (χ1n) is 9.57. The lowest BCUT2D eigenvalue weighted by Gasteiger charge is -2.06. The molecule has 4 aromatic rings. The molecule has 6 nitrogen and oxygen atoms in total. The van der Waals surface area contributed by atoms with Gasteiger partial charge >= 0.3 is 0 Å². The molecule has 0 atom stereocenters. The van der Waals surface area contributed by atoms with Gasteiger partial charge in [0.15, 0.2) is 0 Å². The van der Waals surface area contributed by atoms with Gasteiger partial charge in [-0.15, -0.1) is 21.5 Å². The Balaban J connectivity index is 1.59. The van der Waals surface area contributed by atoms with Gasteiger partial charge in [-0.3, -0.25) is 10.1 Å². The maximum atomic E-state index is 13.0. The van der Waals surface area contributed by atoms with Gasteiger partial charge in [-0.2, -0.15) is 5.10 Å². The number of aromatic nitrogens is 4. The molecule has 0 bridgehead atoms. The van der Waals surface area contributed by atoms with E-state index in [1.54, 1.807) is 16.0 Å². The lowest BCUT2D eigenvalue weighted by molar-refractivity contribution is 0.101. The van der Waals surface area contributed by atoms with Crippen molar-refractivity contribution in [3.8, 4) is 16.3 Å². The van der Waals surface area contributed by atoms with E-state index in [0.29, 0.717) is 10.8 Å². The second-order valence-electron chi connectivity index (χ2n) is 6.55. The summed E-state index contributed by atoms with van der Waals surface area (Å²) in [7, 11) is 0. The molecular weight excluding hydrogens is 402 g/mol. The number of thiophene rings is 1. The number of aryl methyl sites for hydroxylation is 1. The number of hydrogen-bond acceptors (Lipinski definition) is 6. The monoisotopic (exact) mass is 423 g/mol. The van der Waals surface area contributed by atoms with Gasteiger partial charge in [-0.1, -0.05) is 55.4 Å². The lowest BCUT2D eigenvalue weighted by Crippen LogP contribution is -2.16. The minimum absolute atomic E-state index is 0.250. The average Bonchev–Trinajstić information content (AvgIpc) is 3.49. The molecule has 0 aliphatic rings. The van der Waals surface area contributed by atoms with E-state index in [9.17, 15) is 4.79 Å². The summed E-state index contributed by atoms with van der Waals surface area (Å²) in [6.07, 6.45) is 4.32. The quantitative estimate of drug-likeness (QED) is 0.383. The van der Waals surface area contributed by atoms with Crippen molar-refractivity contribution in [2.45, 2.75) is 32.6 Å². The molecule has 0 aliphatic carbocycles. The molecule has 1 aromatic carbocycles. The highest BCUT2D eigenvalue weighted by atomic mass is 32.1. The minimum Gasteiger partial charge on any atom is -0.295 e. The number of para-hydroxylation sites is 1. The lowest BCUT2D eigenvalue weighted by atomic mass is 10.2. The Bertz CT molecular complexity index is 1070. The summed E-state index contributed by atoms with van der Waals surface area (Å²) >= 11 is 3.02. The highest BCUT2D eigenvalue weighted by molar-refractivity contribution is 7.15. The van der Waals surface area contributed by atoms with Crippen LogP contribution in [0, 0.1) is 0 Å². The molecule has 0 fully saturated rings. The number of nitrogens with one attached hydrogen (secondary N) is 1. The summed E-state index contributed by atoms with van der Waals surface area (Å²) in [5.74, 6) is -0.250. The number of unbranched alkanes of at least 4 members (excludes halogenated alkanes) is 2. The summed E-state index contributed by atoms with van der Waals surface area (Å²) in [6.45, 7) is 2.17. The number of hydrogen-bond donors (Lipinski definition) is 1. The predicted molar refractivity (Wildman–Crippen MR) is 118 cm³/mol. The molecule has 29 heavy (non-hydrogen) atoms. The van der Waals surface area contributed by atoms with Crippen molar-refractivity contribution >= 4 is 33.7 Å². The number of nitrogens with zero attached hydrogens (tertiary/aromatic N) is 4. The smallest absolute Gasteiger partial charge is 0.276 e. The van der Waals surface area contributed by atoms with Crippen LogP contribution < -0.4 is 5.32 Å². The Morgan fingerprint density at radius 3 is 2.72 bits per heavy atom. The van der Waals surface area contributed by atoms with Gasteiger partial charge in [0.05, 0.1) is 10.6 Å². The molecular formula is C21H21N5OS2. The molecule has 0 radical (unpaired) electrons. The first kappa shape index (κ1) is 19.5. The van der Waals surface area contributed by atoms with E-state index in [1.165, 1.54) is 24.2 Å². The number of benzene rings is 1. The van der Waals surface area contributed by atoms with Crippen LogP contribution in [0.3, 0.4) is 0 Å². The standard InChI is InChI=1S/C21H21N5OS2/c1-2-3-5-12-19-23-24-21(29-19)22-20(27)17-14-16(18-11-8-13-28-18)25-26(17)15-9-6-4-7-10-15/h4,6-11,13-14H,2-3,5,12H2,1H3,(H,22,24,27).